The van der Waals surface area contributed by atoms with Crippen molar-refractivity contribution in [1.29, 1.82) is 0 Å². The van der Waals surface area contributed by atoms with Crippen LogP contribution in [0, 0.1) is 5.41 Å². The lowest BCUT2D eigenvalue weighted by Crippen LogP contribution is -2.53. The van der Waals surface area contributed by atoms with Gasteiger partial charge in [0.25, 0.3) is 0 Å². The van der Waals surface area contributed by atoms with E-state index in [2.05, 4.69) is 10.1 Å². The fourth-order valence-electron chi connectivity index (χ4n) is 2.22. The van der Waals surface area contributed by atoms with E-state index in [0.717, 1.165) is 0 Å². The highest BCUT2D eigenvalue weighted by Crippen LogP contribution is 2.29. The van der Waals surface area contributed by atoms with Gasteiger partial charge in [-0.15, -0.1) is 0 Å². The first kappa shape index (κ1) is 17.4. The van der Waals surface area contributed by atoms with E-state index in [-0.39, 0.29) is 19.4 Å². The van der Waals surface area contributed by atoms with Crippen molar-refractivity contribution in [3.05, 3.63) is 0 Å². The topological polar surface area (TPSA) is 128 Å². The second-order valence-corrected chi connectivity index (χ2v) is 5.08. The molecule has 0 aromatic rings. The summed E-state index contributed by atoms with van der Waals surface area (Å²) < 4.78 is 9.67. The van der Waals surface area contributed by atoms with Crippen LogP contribution in [-0.2, 0) is 23.9 Å². The zero-order chi connectivity index (χ0) is 15.9. The highest BCUT2D eigenvalue weighted by molar-refractivity contribution is 5.88. The van der Waals surface area contributed by atoms with Gasteiger partial charge in [0.05, 0.1) is 12.5 Å². The summed E-state index contributed by atoms with van der Waals surface area (Å²) in [7, 11) is 1.22. The molecule has 0 radical (unpaired) electrons. The molecule has 1 heterocycles. The number of carbonyl (C=O) groups excluding carboxylic acids is 2. The maximum atomic E-state index is 12.4. The van der Waals surface area contributed by atoms with Gasteiger partial charge in [0, 0.05) is 26.2 Å². The van der Waals surface area contributed by atoms with Crippen molar-refractivity contribution in [2.24, 2.45) is 11.1 Å². The van der Waals surface area contributed by atoms with Gasteiger partial charge in [0.1, 0.15) is 6.04 Å². The number of ether oxygens (including phenoxy) is 2. The number of aliphatic carboxylic acids is 1. The van der Waals surface area contributed by atoms with Gasteiger partial charge in [-0.05, 0) is 19.3 Å². The van der Waals surface area contributed by atoms with Crippen LogP contribution in [0.1, 0.15) is 25.7 Å². The van der Waals surface area contributed by atoms with E-state index in [1.54, 1.807) is 0 Å². The normalized spacial score (nSPS) is 18.6. The second kappa shape index (κ2) is 7.94. The number of carbonyl (C=O) groups is 3. The third-order valence-corrected chi connectivity index (χ3v) is 3.79. The van der Waals surface area contributed by atoms with E-state index < -0.39 is 29.3 Å². The Balaban J connectivity index is 2.66. The lowest BCUT2D eigenvalue weighted by Gasteiger charge is -2.35. The average molecular weight is 302 g/mol. The quantitative estimate of drug-likeness (QED) is 0.529. The van der Waals surface area contributed by atoms with Crippen molar-refractivity contribution in [1.82, 2.24) is 5.32 Å². The first-order valence-electron chi connectivity index (χ1n) is 6.83. The van der Waals surface area contributed by atoms with Crippen molar-refractivity contribution in [2.75, 3.05) is 26.9 Å². The van der Waals surface area contributed by atoms with Crippen LogP contribution in [-0.4, -0.2) is 55.9 Å². The zero-order valence-electron chi connectivity index (χ0n) is 12.1. The van der Waals surface area contributed by atoms with Crippen molar-refractivity contribution >= 4 is 17.8 Å². The highest BCUT2D eigenvalue weighted by atomic mass is 16.5. The molecule has 0 aromatic carbocycles. The predicted molar refractivity (Wildman–Crippen MR) is 72.4 cm³/mol. The lowest BCUT2D eigenvalue weighted by molar-refractivity contribution is -0.147. The van der Waals surface area contributed by atoms with Gasteiger partial charge in [0.15, 0.2) is 0 Å². The molecule has 1 fully saturated rings. The molecular formula is C13H22N2O6. The molecule has 0 aromatic heterocycles. The van der Waals surface area contributed by atoms with Crippen LogP contribution in [0.5, 0.6) is 0 Å². The zero-order valence-corrected chi connectivity index (χ0v) is 12.1. The molecule has 4 N–H and O–H groups in total. The lowest BCUT2D eigenvalue weighted by atomic mass is 9.79. The van der Waals surface area contributed by atoms with Crippen LogP contribution < -0.4 is 11.1 Å². The molecule has 0 saturated carbocycles. The van der Waals surface area contributed by atoms with Crippen LogP contribution in [0.2, 0.25) is 0 Å². The SMILES string of the molecule is COC(=O)CCC(NC(=O)C1(CN)CCOCC1)C(=O)O. The van der Waals surface area contributed by atoms with E-state index >= 15 is 0 Å². The summed E-state index contributed by atoms with van der Waals surface area (Å²) in [5, 5.41) is 11.6. The number of nitrogens with two attached hydrogens (primary N) is 1. The molecule has 1 amide bonds. The first-order chi connectivity index (χ1) is 9.95. The molecule has 8 heteroatoms. The molecule has 1 saturated heterocycles. The maximum Gasteiger partial charge on any atom is 0.326 e. The number of methoxy groups -OCH3 is 1. The van der Waals surface area contributed by atoms with E-state index in [1.165, 1.54) is 7.11 Å². The summed E-state index contributed by atoms with van der Waals surface area (Å²) in [4.78, 5) is 34.6. The predicted octanol–water partition coefficient (Wildman–Crippen LogP) is -0.735. The van der Waals surface area contributed by atoms with Gasteiger partial charge in [-0.1, -0.05) is 0 Å². The summed E-state index contributed by atoms with van der Waals surface area (Å²) in [6, 6.07) is -1.14. The molecule has 0 spiro atoms. The van der Waals surface area contributed by atoms with Crippen LogP contribution in [0.25, 0.3) is 0 Å². The van der Waals surface area contributed by atoms with Crippen LogP contribution >= 0.6 is 0 Å². The average Bonchev–Trinajstić information content (AvgIpc) is 2.50. The van der Waals surface area contributed by atoms with Crippen molar-refractivity contribution < 1.29 is 29.0 Å². The van der Waals surface area contributed by atoms with Gasteiger partial charge in [-0.25, -0.2) is 4.79 Å². The summed E-state index contributed by atoms with van der Waals surface area (Å²) in [6.45, 7) is 0.973. The molecule has 0 aliphatic carbocycles. The van der Waals surface area contributed by atoms with E-state index in [9.17, 15) is 14.4 Å². The van der Waals surface area contributed by atoms with E-state index in [4.69, 9.17) is 15.6 Å². The highest BCUT2D eigenvalue weighted by Gasteiger charge is 2.40. The molecule has 120 valence electrons. The van der Waals surface area contributed by atoms with Gasteiger partial charge < -0.3 is 25.6 Å². The number of esters is 1. The number of carboxylic acids is 1. The fourth-order valence-corrected chi connectivity index (χ4v) is 2.22. The summed E-state index contributed by atoms with van der Waals surface area (Å²) in [6.07, 6.45) is 0.814. The van der Waals surface area contributed by atoms with Crippen molar-refractivity contribution in [2.45, 2.75) is 31.7 Å². The first-order valence-corrected chi connectivity index (χ1v) is 6.83. The molecule has 1 rings (SSSR count). The summed E-state index contributed by atoms with van der Waals surface area (Å²) in [5.41, 5.74) is 4.90. The molecule has 1 aliphatic heterocycles. The van der Waals surface area contributed by atoms with Gasteiger partial charge >= 0.3 is 11.9 Å². The minimum absolute atomic E-state index is 0.0229. The van der Waals surface area contributed by atoms with Crippen LogP contribution in [0.15, 0.2) is 0 Å². The van der Waals surface area contributed by atoms with E-state index in [0.29, 0.717) is 26.1 Å². The molecule has 1 unspecified atom stereocenters. The molecule has 0 bridgehead atoms. The Hall–Kier alpha value is -1.67. The van der Waals surface area contributed by atoms with Gasteiger partial charge in [-0.2, -0.15) is 0 Å². The minimum Gasteiger partial charge on any atom is -0.480 e. The second-order valence-electron chi connectivity index (χ2n) is 5.08. The molecular weight excluding hydrogens is 280 g/mol. The number of amides is 1. The Morgan fingerprint density at radius 3 is 2.48 bits per heavy atom. The maximum absolute atomic E-state index is 12.4. The smallest absolute Gasteiger partial charge is 0.326 e. The van der Waals surface area contributed by atoms with Crippen molar-refractivity contribution in [3.8, 4) is 0 Å². The Morgan fingerprint density at radius 1 is 1.38 bits per heavy atom. The summed E-state index contributed by atoms with van der Waals surface area (Å²) >= 11 is 0. The Labute approximate surface area is 123 Å². The van der Waals surface area contributed by atoms with Crippen LogP contribution in [0.4, 0.5) is 0 Å². The summed E-state index contributed by atoms with van der Waals surface area (Å²) in [5.74, 6) is -2.10. The number of rotatable bonds is 7. The van der Waals surface area contributed by atoms with Crippen molar-refractivity contribution in [3.63, 3.8) is 0 Å². The van der Waals surface area contributed by atoms with E-state index in [1.807, 2.05) is 0 Å². The minimum atomic E-state index is -1.19. The number of hydrogen-bond acceptors (Lipinski definition) is 6. The fraction of sp³-hybridized carbons (Fsp3) is 0.769. The van der Waals surface area contributed by atoms with Gasteiger partial charge in [0.2, 0.25) is 5.91 Å². The monoisotopic (exact) mass is 302 g/mol. The third-order valence-electron chi connectivity index (χ3n) is 3.79. The Kier molecular flexibility index (Phi) is 6.57. The number of carboxylic acid groups (broad SMARTS) is 1. The molecule has 21 heavy (non-hydrogen) atoms. The van der Waals surface area contributed by atoms with Gasteiger partial charge in [-0.3, -0.25) is 9.59 Å². The largest absolute Gasteiger partial charge is 0.480 e. The molecule has 1 atom stereocenters. The third kappa shape index (κ3) is 4.68. The Bertz CT molecular complexity index is 392. The standard InChI is InChI=1S/C13H22N2O6/c1-20-10(16)3-2-9(11(17)18)15-12(19)13(8-14)4-6-21-7-5-13/h9H,2-8,14H2,1H3,(H,15,19)(H,17,18). The Morgan fingerprint density at radius 2 is 2.00 bits per heavy atom. The van der Waals surface area contributed by atoms with Crippen LogP contribution in [0.3, 0.4) is 0 Å². The molecule has 8 nitrogen and oxygen atoms in total. The number of hydrogen-bond donors (Lipinski definition) is 3. The number of nitrogens with one attached hydrogen (secondary N) is 1. The molecule has 1 aliphatic rings.